The van der Waals surface area contributed by atoms with Crippen LogP contribution in [0.5, 0.6) is 0 Å². The molecule has 2 saturated carbocycles. The smallest absolute Gasteiger partial charge is 0.131 e. The molecule has 5 aromatic carbocycles. The van der Waals surface area contributed by atoms with E-state index in [0.29, 0.717) is 5.92 Å². The Morgan fingerprint density at radius 3 is 2.07 bits per heavy atom. The molecular formula is C55H54IrN2OSi-2. The Labute approximate surface area is 372 Å². The zero-order valence-electron chi connectivity index (χ0n) is 36.1. The number of rotatable bonds is 7. The number of furan rings is 1. The van der Waals surface area contributed by atoms with Crippen LogP contribution in [0.25, 0.3) is 66.7 Å². The third-order valence-electron chi connectivity index (χ3n) is 12.4. The van der Waals surface area contributed by atoms with E-state index in [0.717, 1.165) is 68.4 Å². The Kier molecular flexibility index (Phi) is 12.7. The minimum Gasteiger partial charge on any atom is -0.476 e. The summed E-state index contributed by atoms with van der Waals surface area (Å²) < 4.78 is 15.6. The number of aromatic nitrogens is 2. The van der Waals surface area contributed by atoms with Gasteiger partial charge in [0.15, 0.2) is 0 Å². The summed E-state index contributed by atoms with van der Waals surface area (Å²) in [7, 11) is -1.53. The summed E-state index contributed by atoms with van der Waals surface area (Å²) in [5.41, 5.74) is 13.1. The molecule has 3 aromatic heterocycles. The maximum absolute atomic E-state index is 9.13. The molecule has 3 heterocycles. The number of para-hydroxylation sites is 1. The quantitative estimate of drug-likeness (QED) is 0.118. The van der Waals surface area contributed by atoms with Crippen molar-refractivity contribution in [3.05, 3.63) is 163 Å². The zero-order chi connectivity index (χ0) is 41.1. The minimum absolute atomic E-state index is 0. The van der Waals surface area contributed by atoms with Crippen LogP contribution in [0, 0.1) is 12.1 Å². The van der Waals surface area contributed by atoms with Crippen molar-refractivity contribution in [2.75, 3.05) is 0 Å². The van der Waals surface area contributed by atoms with Gasteiger partial charge in [0.2, 0.25) is 0 Å². The molecule has 0 unspecified atom stereocenters. The number of hydrogen-bond donors (Lipinski definition) is 0. The average molecular weight is 980 g/mol. The number of fused-ring (bicyclic) bond motifs is 3. The number of pyridine rings is 2. The first-order valence-electron chi connectivity index (χ1n) is 22.2. The van der Waals surface area contributed by atoms with Crippen LogP contribution in [0.1, 0.15) is 88.5 Å². The summed E-state index contributed by atoms with van der Waals surface area (Å²) in [4.78, 5) is 9.41. The predicted molar refractivity (Wildman–Crippen MR) is 250 cm³/mol. The van der Waals surface area contributed by atoms with Gasteiger partial charge in [-0.2, -0.15) is 0 Å². The summed E-state index contributed by atoms with van der Waals surface area (Å²) in [5.74, 6) is 0.224. The standard InChI is InChI=1S/C35H28NO.C20H26NSi.Ir/c1-3-8-24(9-4-1)26-14-16-27(17-15-26)30-12-7-13-32-31-19-18-29(23-34(31)37-35(30)32)33-22-28(20-21-36-33)25-10-5-2-6-11-25;1-22(2,3)20-15-21-19(17-12-8-5-9-13-17)14-18(20)16-10-6-4-7-11-16;/h1,3-4,7-9,12-17,19-23,25H,2,5-6,10-11H2;5,8-9,12,14-16H,4,6-7,10-11H2,1-3H3;/q2*-1;/i;16D;. The van der Waals surface area contributed by atoms with Gasteiger partial charge in [-0.3, -0.25) is 0 Å². The number of benzene rings is 5. The normalized spacial score (nSPS) is 15.8. The van der Waals surface area contributed by atoms with Crippen LogP contribution in [0.15, 0.2) is 144 Å². The summed E-state index contributed by atoms with van der Waals surface area (Å²) in [6.45, 7) is 7.07. The second kappa shape index (κ2) is 18.8. The van der Waals surface area contributed by atoms with Crippen LogP contribution in [0.4, 0.5) is 0 Å². The van der Waals surface area contributed by atoms with Crippen molar-refractivity contribution in [1.29, 1.82) is 0 Å². The molecule has 2 aliphatic carbocycles. The van der Waals surface area contributed by atoms with Gasteiger partial charge >= 0.3 is 0 Å². The van der Waals surface area contributed by atoms with Crippen molar-refractivity contribution >= 4 is 35.2 Å². The average Bonchev–Trinajstić information content (AvgIpc) is 3.68. The molecule has 305 valence electrons. The Balaban J connectivity index is 0.000000185. The van der Waals surface area contributed by atoms with Crippen molar-refractivity contribution in [3.63, 3.8) is 0 Å². The number of hydrogen-bond acceptors (Lipinski definition) is 3. The van der Waals surface area contributed by atoms with Gasteiger partial charge in [0.25, 0.3) is 0 Å². The van der Waals surface area contributed by atoms with Gasteiger partial charge in [0.1, 0.15) is 5.58 Å². The van der Waals surface area contributed by atoms with Crippen LogP contribution in [-0.4, -0.2) is 18.0 Å². The topological polar surface area (TPSA) is 38.9 Å². The van der Waals surface area contributed by atoms with Crippen LogP contribution < -0.4 is 5.19 Å². The van der Waals surface area contributed by atoms with E-state index in [1.54, 1.807) is 0 Å². The van der Waals surface area contributed by atoms with Crippen molar-refractivity contribution < 1.29 is 25.9 Å². The molecule has 10 rings (SSSR count). The predicted octanol–water partition coefficient (Wildman–Crippen LogP) is 15.0. The van der Waals surface area contributed by atoms with Gasteiger partial charge in [-0.05, 0) is 82.2 Å². The second-order valence-electron chi connectivity index (χ2n) is 17.5. The molecule has 5 heteroatoms. The van der Waals surface area contributed by atoms with E-state index in [1.165, 1.54) is 78.8 Å². The fourth-order valence-electron chi connectivity index (χ4n) is 9.16. The van der Waals surface area contributed by atoms with Crippen molar-refractivity contribution in [2.45, 2.75) is 95.7 Å². The molecule has 0 amide bonds. The van der Waals surface area contributed by atoms with Crippen LogP contribution >= 0.6 is 0 Å². The summed E-state index contributed by atoms with van der Waals surface area (Å²) in [6, 6.07) is 51.2. The van der Waals surface area contributed by atoms with E-state index in [9.17, 15) is 0 Å². The fraction of sp³-hybridized carbons (Fsp3) is 0.273. The van der Waals surface area contributed by atoms with Crippen molar-refractivity contribution in [3.8, 4) is 44.8 Å². The molecule has 8 aromatic rings. The molecule has 0 saturated heterocycles. The third-order valence-corrected chi connectivity index (χ3v) is 14.4. The molecule has 2 aliphatic rings. The van der Waals surface area contributed by atoms with Gasteiger partial charge in [0, 0.05) is 39.4 Å². The molecule has 0 atom stereocenters. The van der Waals surface area contributed by atoms with Gasteiger partial charge < -0.3 is 14.4 Å². The van der Waals surface area contributed by atoms with Crippen LogP contribution in [-0.2, 0) is 20.1 Å². The Hall–Kier alpha value is -4.93. The maximum atomic E-state index is 9.13. The fourth-order valence-corrected chi connectivity index (χ4v) is 10.7. The summed E-state index contributed by atoms with van der Waals surface area (Å²) >= 11 is 0. The molecule has 2 fully saturated rings. The monoisotopic (exact) mass is 980 g/mol. The molecule has 0 bridgehead atoms. The summed E-state index contributed by atoms with van der Waals surface area (Å²) in [6.07, 6.45) is 16.2. The van der Waals surface area contributed by atoms with E-state index < -0.39 is 14.0 Å². The molecule has 60 heavy (non-hydrogen) atoms. The molecular weight excluding hydrogens is 925 g/mol. The first-order chi connectivity index (χ1) is 29.2. The van der Waals surface area contributed by atoms with Crippen molar-refractivity contribution in [2.24, 2.45) is 0 Å². The SMILES string of the molecule is [2H]C1(c2cc(-c3[c-]cccc3)ncc2[Si](C)(C)C)CCCCC1.[Ir].[c-]1cc2c(cc1-c1cc(C3CCCCC3)ccn1)oc1c(-c3ccc(-c4ccccc4)cc3)cccc12. The molecule has 0 N–H and O–H groups in total. The zero-order valence-corrected chi connectivity index (χ0v) is 38.5. The largest absolute Gasteiger partial charge is 0.476 e. The van der Waals surface area contributed by atoms with E-state index >= 15 is 0 Å². The van der Waals surface area contributed by atoms with E-state index in [1.807, 2.05) is 30.5 Å². The van der Waals surface area contributed by atoms with Crippen LogP contribution in [0.2, 0.25) is 19.6 Å². The number of nitrogens with zero attached hydrogens (tertiary/aromatic N) is 2. The van der Waals surface area contributed by atoms with Gasteiger partial charge in [0.05, 0.1) is 13.7 Å². The third kappa shape index (κ3) is 9.20. The second-order valence-corrected chi connectivity index (χ2v) is 22.5. The Morgan fingerprint density at radius 1 is 0.633 bits per heavy atom. The van der Waals surface area contributed by atoms with Gasteiger partial charge in [-0.15, -0.1) is 53.6 Å². The molecule has 1 radical (unpaired) electrons. The van der Waals surface area contributed by atoms with E-state index in [2.05, 4.69) is 141 Å². The first kappa shape index (κ1) is 40.5. The summed E-state index contributed by atoms with van der Waals surface area (Å²) in [5, 5.41) is 3.56. The van der Waals surface area contributed by atoms with Crippen LogP contribution in [0.3, 0.4) is 0 Å². The molecule has 3 nitrogen and oxygen atoms in total. The Morgan fingerprint density at radius 2 is 1.33 bits per heavy atom. The van der Waals surface area contributed by atoms with Gasteiger partial charge in [-0.1, -0.05) is 166 Å². The van der Waals surface area contributed by atoms with Crippen molar-refractivity contribution in [1.82, 2.24) is 9.97 Å². The van der Waals surface area contributed by atoms with E-state index in [-0.39, 0.29) is 20.1 Å². The first-order valence-corrected chi connectivity index (χ1v) is 25.2. The van der Waals surface area contributed by atoms with E-state index in [4.69, 9.17) is 15.8 Å². The Bertz CT molecular complexity index is 2710. The molecule has 0 aliphatic heterocycles. The van der Waals surface area contributed by atoms with Gasteiger partial charge in [-0.25, -0.2) is 0 Å². The molecule has 0 spiro atoms. The minimum atomic E-state index is -1.53. The maximum Gasteiger partial charge on any atom is 0.131 e.